The van der Waals surface area contributed by atoms with Gasteiger partial charge in [-0.05, 0) is 42.2 Å². The highest BCUT2D eigenvalue weighted by Crippen LogP contribution is 2.49. The molecule has 5 nitrogen and oxygen atoms in total. The lowest BCUT2D eigenvalue weighted by molar-refractivity contribution is -0.384. The SMILES string of the molecule is O=[N+]([O-])c1ccc(/C(=N/O)[C@@H]2C[C@H]2c2ccc(Cl)cc2)cc1. The van der Waals surface area contributed by atoms with E-state index in [4.69, 9.17) is 11.6 Å². The smallest absolute Gasteiger partial charge is 0.269 e. The summed E-state index contributed by atoms with van der Waals surface area (Å²) in [5, 5.41) is 24.1. The molecule has 0 amide bonds. The Morgan fingerprint density at radius 1 is 1.18 bits per heavy atom. The van der Waals surface area contributed by atoms with Crippen LogP contribution in [0.2, 0.25) is 5.02 Å². The number of halogens is 1. The van der Waals surface area contributed by atoms with Crippen LogP contribution in [0.4, 0.5) is 5.69 Å². The molecule has 22 heavy (non-hydrogen) atoms. The van der Waals surface area contributed by atoms with Gasteiger partial charge in [-0.2, -0.15) is 0 Å². The molecular weight excluding hydrogens is 304 g/mol. The fourth-order valence-corrected chi connectivity index (χ4v) is 2.80. The molecule has 0 aliphatic heterocycles. The van der Waals surface area contributed by atoms with E-state index in [0.29, 0.717) is 22.2 Å². The number of hydrogen-bond acceptors (Lipinski definition) is 4. The van der Waals surface area contributed by atoms with E-state index in [9.17, 15) is 15.3 Å². The first-order valence-corrected chi connectivity index (χ1v) is 7.20. The zero-order chi connectivity index (χ0) is 15.7. The highest BCUT2D eigenvalue weighted by Gasteiger charge is 2.43. The molecule has 0 unspecified atom stereocenters. The van der Waals surface area contributed by atoms with Gasteiger partial charge in [0.05, 0.1) is 10.6 Å². The Bertz CT molecular complexity index is 726. The van der Waals surface area contributed by atoms with Crippen molar-refractivity contribution in [2.24, 2.45) is 11.1 Å². The van der Waals surface area contributed by atoms with Crippen LogP contribution in [-0.4, -0.2) is 15.8 Å². The lowest BCUT2D eigenvalue weighted by Crippen LogP contribution is -2.05. The summed E-state index contributed by atoms with van der Waals surface area (Å²) >= 11 is 5.88. The summed E-state index contributed by atoms with van der Waals surface area (Å²) in [6, 6.07) is 13.7. The van der Waals surface area contributed by atoms with Gasteiger partial charge < -0.3 is 5.21 Å². The third-order valence-electron chi connectivity index (χ3n) is 3.92. The molecule has 2 aromatic rings. The fraction of sp³-hybridized carbons (Fsp3) is 0.188. The maximum Gasteiger partial charge on any atom is 0.269 e. The van der Waals surface area contributed by atoms with Gasteiger partial charge in [-0.25, -0.2) is 0 Å². The van der Waals surface area contributed by atoms with Crippen molar-refractivity contribution in [1.29, 1.82) is 0 Å². The number of nitro groups is 1. The van der Waals surface area contributed by atoms with Crippen molar-refractivity contribution in [3.63, 3.8) is 0 Å². The second-order valence-corrected chi connectivity index (χ2v) is 5.73. The summed E-state index contributed by atoms with van der Waals surface area (Å²) in [4.78, 5) is 10.2. The molecule has 3 rings (SSSR count). The van der Waals surface area contributed by atoms with Crippen LogP contribution in [0, 0.1) is 16.0 Å². The summed E-state index contributed by atoms with van der Waals surface area (Å²) < 4.78 is 0. The van der Waals surface area contributed by atoms with E-state index in [1.54, 1.807) is 12.1 Å². The minimum atomic E-state index is -0.451. The van der Waals surface area contributed by atoms with Gasteiger partial charge >= 0.3 is 0 Å². The molecule has 0 radical (unpaired) electrons. The Labute approximate surface area is 132 Å². The van der Waals surface area contributed by atoms with E-state index in [0.717, 1.165) is 12.0 Å². The zero-order valence-corrected chi connectivity index (χ0v) is 12.3. The lowest BCUT2D eigenvalue weighted by Gasteiger charge is -2.05. The molecule has 0 bridgehead atoms. The van der Waals surface area contributed by atoms with Gasteiger partial charge in [0.2, 0.25) is 0 Å². The minimum Gasteiger partial charge on any atom is -0.411 e. The average molecular weight is 317 g/mol. The monoisotopic (exact) mass is 316 g/mol. The van der Waals surface area contributed by atoms with E-state index >= 15 is 0 Å². The second kappa shape index (κ2) is 5.77. The van der Waals surface area contributed by atoms with Gasteiger partial charge in [0.25, 0.3) is 5.69 Å². The normalized spacial score (nSPS) is 20.7. The number of oxime groups is 1. The van der Waals surface area contributed by atoms with Crippen molar-refractivity contribution in [2.75, 3.05) is 0 Å². The molecule has 1 aliphatic carbocycles. The highest BCUT2D eigenvalue weighted by atomic mass is 35.5. The molecule has 0 saturated heterocycles. The predicted molar refractivity (Wildman–Crippen MR) is 83.7 cm³/mol. The van der Waals surface area contributed by atoms with E-state index in [1.165, 1.54) is 12.1 Å². The Balaban J connectivity index is 1.79. The lowest BCUT2D eigenvalue weighted by atomic mass is 10.0. The molecule has 6 heteroatoms. The quantitative estimate of drug-likeness (QED) is 0.397. The highest BCUT2D eigenvalue weighted by molar-refractivity contribution is 6.30. The maximum absolute atomic E-state index is 10.7. The van der Waals surface area contributed by atoms with Gasteiger partial charge in [0.15, 0.2) is 0 Å². The summed E-state index contributed by atoms with van der Waals surface area (Å²) in [6.07, 6.45) is 0.887. The first-order valence-electron chi connectivity index (χ1n) is 6.82. The second-order valence-electron chi connectivity index (χ2n) is 5.29. The fourth-order valence-electron chi connectivity index (χ4n) is 2.68. The van der Waals surface area contributed by atoms with Crippen molar-refractivity contribution in [3.05, 3.63) is 74.8 Å². The molecule has 2 atom stereocenters. The molecule has 1 fully saturated rings. The molecule has 2 aromatic carbocycles. The van der Waals surface area contributed by atoms with Crippen LogP contribution >= 0.6 is 11.6 Å². The van der Waals surface area contributed by atoms with Crippen LogP contribution in [0.5, 0.6) is 0 Å². The van der Waals surface area contributed by atoms with Crippen molar-refractivity contribution in [3.8, 4) is 0 Å². The van der Waals surface area contributed by atoms with Crippen LogP contribution in [0.1, 0.15) is 23.5 Å². The maximum atomic E-state index is 10.7. The zero-order valence-electron chi connectivity index (χ0n) is 11.5. The molecule has 0 spiro atoms. The molecule has 112 valence electrons. The Kier molecular flexibility index (Phi) is 3.81. The van der Waals surface area contributed by atoms with Gasteiger partial charge in [-0.3, -0.25) is 10.1 Å². The Morgan fingerprint density at radius 3 is 2.36 bits per heavy atom. The first-order chi connectivity index (χ1) is 10.6. The number of nitrogens with zero attached hydrogens (tertiary/aromatic N) is 2. The average Bonchev–Trinajstić information content (AvgIpc) is 3.30. The molecule has 0 aromatic heterocycles. The van der Waals surface area contributed by atoms with Crippen molar-refractivity contribution >= 4 is 23.0 Å². The predicted octanol–water partition coefficient (Wildman–Crippen LogP) is 4.23. The van der Waals surface area contributed by atoms with Crippen molar-refractivity contribution < 1.29 is 10.1 Å². The molecular formula is C16H13ClN2O3. The topological polar surface area (TPSA) is 75.7 Å². The molecule has 1 saturated carbocycles. The number of rotatable bonds is 4. The van der Waals surface area contributed by atoms with Gasteiger partial charge in [-0.15, -0.1) is 0 Å². The summed E-state index contributed by atoms with van der Waals surface area (Å²) in [5.41, 5.74) is 2.44. The summed E-state index contributed by atoms with van der Waals surface area (Å²) in [5.74, 6) is 0.408. The molecule has 1 aliphatic rings. The Morgan fingerprint density at radius 2 is 1.82 bits per heavy atom. The first kappa shape index (κ1) is 14.5. The molecule has 0 heterocycles. The van der Waals surface area contributed by atoms with E-state index < -0.39 is 4.92 Å². The van der Waals surface area contributed by atoms with Gasteiger partial charge in [0, 0.05) is 28.6 Å². The van der Waals surface area contributed by atoms with Gasteiger partial charge in [0.1, 0.15) is 0 Å². The van der Waals surface area contributed by atoms with Crippen LogP contribution in [0.3, 0.4) is 0 Å². The van der Waals surface area contributed by atoms with Crippen molar-refractivity contribution in [1.82, 2.24) is 0 Å². The summed E-state index contributed by atoms with van der Waals surface area (Å²) in [6.45, 7) is 0. The van der Waals surface area contributed by atoms with E-state index in [2.05, 4.69) is 5.16 Å². The third kappa shape index (κ3) is 2.80. The Hall–Kier alpha value is -2.40. The number of non-ortho nitro benzene ring substituents is 1. The third-order valence-corrected chi connectivity index (χ3v) is 4.17. The van der Waals surface area contributed by atoms with Crippen molar-refractivity contribution in [2.45, 2.75) is 12.3 Å². The largest absolute Gasteiger partial charge is 0.411 e. The van der Waals surface area contributed by atoms with E-state index in [-0.39, 0.29) is 11.6 Å². The van der Waals surface area contributed by atoms with Crippen LogP contribution in [0.25, 0.3) is 0 Å². The minimum absolute atomic E-state index is 0.0195. The van der Waals surface area contributed by atoms with Crippen LogP contribution < -0.4 is 0 Å². The number of nitro benzene ring substituents is 1. The number of hydrogen-bond donors (Lipinski definition) is 1. The van der Waals surface area contributed by atoms with E-state index in [1.807, 2.05) is 24.3 Å². The van der Waals surface area contributed by atoms with Crippen LogP contribution in [-0.2, 0) is 0 Å². The van der Waals surface area contributed by atoms with Gasteiger partial charge in [-0.1, -0.05) is 28.9 Å². The standard InChI is InChI=1S/C16H13ClN2O3/c17-12-5-1-10(2-6-12)14-9-15(14)16(18-20)11-3-7-13(8-4-11)19(21)22/h1-8,14-15,20H,9H2/b18-16-/t14-,15+/m0/s1. The number of benzene rings is 2. The summed E-state index contributed by atoms with van der Waals surface area (Å²) in [7, 11) is 0. The molecule has 1 N–H and O–H groups in total. The van der Waals surface area contributed by atoms with Crippen LogP contribution in [0.15, 0.2) is 53.7 Å².